The van der Waals surface area contributed by atoms with Crippen LogP contribution in [0.5, 0.6) is 0 Å². The molecule has 3 unspecified atom stereocenters. The minimum atomic E-state index is -2.83. The molecule has 0 aliphatic carbocycles. The fourth-order valence-corrected chi connectivity index (χ4v) is 8.16. The number of piperazine rings is 1. The number of alkyl halides is 2. The van der Waals surface area contributed by atoms with Gasteiger partial charge in [-0.2, -0.15) is 12.6 Å². The predicted octanol–water partition coefficient (Wildman–Crippen LogP) is 4.33. The molecule has 7 rings (SSSR count). The number of hydrogen-bond donors (Lipinski definition) is 2. The number of hydrogen-bond acceptors (Lipinski definition) is 8. The Hall–Kier alpha value is -3.22. The maximum atomic E-state index is 15.8. The number of thiol groups is 1. The molecule has 0 saturated carbocycles. The smallest absolute Gasteiger partial charge is 0.275 e. The number of rotatable bonds is 7. The molecule has 5 heterocycles. The van der Waals surface area contributed by atoms with Crippen LogP contribution in [-0.2, 0) is 29.2 Å². The number of benzene rings is 2. The average molecular weight is 647 g/mol. The van der Waals surface area contributed by atoms with E-state index in [-0.39, 0.29) is 23.7 Å². The molecule has 11 heteroatoms. The van der Waals surface area contributed by atoms with Crippen LogP contribution in [0.15, 0.2) is 66.9 Å². The van der Waals surface area contributed by atoms with Crippen molar-refractivity contribution in [2.45, 2.75) is 62.3 Å². The summed E-state index contributed by atoms with van der Waals surface area (Å²) in [5, 5.41) is 2.16. The Morgan fingerprint density at radius 2 is 1.70 bits per heavy atom. The summed E-state index contributed by atoms with van der Waals surface area (Å²) in [6.45, 7) is 4.63. The molecular formula is C35H40F2N6O2S. The first-order valence-electron chi connectivity index (χ1n) is 16.2. The Kier molecular flexibility index (Phi) is 8.95. The van der Waals surface area contributed by atoms with E-state index in [0.717, 1.165) is 46.6 Å². The van der Waals surface area contributed by atoms with E-state index in [2.05, 4.69) is 33.4 Å². The second-order valence-electron chi connectivity index (χ2n) is 12.9. The number of nitrogens with one attached hydrogen (secondary N) is 1. The van der Waals surface area contributed by atoms with Crippen LogP contribution in [0, 0.1) is 0 Å². The number of carbonyl (C=O) groups is 2. The fraction of sp³-hybridized carbons (Fsp3) is 0.457. The van der Waals surface area contributed by atoms with Gasteiger partial charge in [-0.15, -0.1) is 0 Å². The van der Waals surface area contributed by atoms with Crippen molar-refractivity contribution in [3.8, 4) is 11.1 Å². The van der Waals surface area contributed by atoms with Crippen molar-refractivity contribution >= 4 is 24.4 Å². The number of carbonyl (C=O) groups excluding carboxylic acids is 2. The summed E-state index contributed by atoms with van der Waals surface area (Å²) in [6.07, 6.45) is 2.99. The lowest BCUT2D eigenvalue weighted by Crippen LogP contribution is -2.61. The number of amides is 2. The summed E-state index contributed by atoms with van der Waals surface area (Å²) >= 11 is 4.82. The summed E-state index contributed by atoms with van der Waals surface area (Å²) in [5.41, 5.74) is 6.32. The highest BCUT2D eigenvalue weighted by molar-refractivity contribution is 7.80. The molecule has 3 saturated heterocycles. The van der Waals surface area contributed by atoms with Gasteiger partial charge in [-0.25, -0.2) is 8.78 Å². The molecule has 2 amide bonds. The van der Waals surface area contributed by atoms with Crippen LogP contribution in [0.1, 0.15) is 47.0 Å². The highest BCUT2D eigenvalue weighted by atomic mass is 32.1. The standard InChI is InChI=1S/C35H40F2N6O2S/c36-35(37)23-41(20-25-8-4-9-27-28(25)21-43(34(27)46)30-11-12-32(44)39-33(30)45)15-13-31(35)42-18-16-40(17-19-42)22-29-26(10-5-14-38-29)24-6-2-1-3-7-24/h1-10,14,30-31,34,46H,11-13,15-23H2,(H,39,44,45). The summed E-state index contributed by atoms with van der Waals surface area (Å²) in [6, 6.07) is 19.0. The van der Waals surface area contributed by atoms with Crippen molar-refractivity contribution in [2.24, 2.45) is 0 Å². The molecule has 3 aromatic rings. The maximum Gasteiger partial charge on any atom is 0.275 e. The zero-order chi connectivity index (χ0) is 31.8. The molecule has 8 nitrogen and oxygen atoms in total. The Morgan fingerprint density at radius 3 is 2.46 bits per heavy atom. The van der Waals surface area contributed by atoms with Crippen LogP contribution in [0.2, 0.25) is 0 Å². The van der Waals surface area contributed by atoms with Crippen LogP contribution in [-0.4, -0.2) is 93.7 Å². The van der Waals surface area contributed by atoms with Crippen molar-refractivity contribution in [3.63, 3.8) is 0 Å². The molecule has 1 aromatic heterocycles. The van der Waals surface area contributed by atoms with Crippen molar-refractivity contribution in [1.29, 1.82) is 0 Å². The Morgan fingerprint density at radius 1 is 0.891 bits per heavy atom. The number of imide groups is 1. The maximum absolute atomic E-state index is 15.8. The first kappa shape index (κ1) is 31.4. The minimum absolute atomic E-state index is 0.248. The van der Waals surface area contributed by atoms with Gasteiger partial charge in [0.1, 0.15) is 0 Å². The molecule has 1 N–H and O–H groups in total. The lowest BCUT2D eigenvalue weighted by atomic mass is 9.96. The van der Waals surface area contributed by atoms with E-state index in [9.17, 15) is 9.59 Å². The van der Waals surface area contributed by atoms with Gasteiger partial charge in [-0.05, 0) is 41.2 Å². The van der Waals surface area contributed by atoms with Crippen LogP contribution in [0.3, 0.4) is 0 Å². The van der Waals surface area contributed by atoms with Crippen LogP contribution >= 0.6 is 12.6 Å². The van der Waals surface area contributed by atoms with E-state index in [1.807, 2.05) is 63.4 Å². The van der Waals surface area contributed by atoms with E-state index in [1.54, 1.807) is 0 Å². The predicted molar refractivity (Wildman–Crippen MR) is 175 cm³/mol. The number of fused-ring (bicyclic) bond motifs is 1. The molecule has 0 spiro atoms. The highest BCUT2D eigenvalue weighted by Crippen LogP contribution is 2.41. The van der Waals surface area contributed by atoms with Crippen molar-refractivity contribution in [1.82, 2.24) is 29.9 Å². The van der Waals surface area contributed by atoms with Gasteiger partial charge in [0.05, 0.1) is 29.7 Å². The van der Waals surface area contributed by atoms with E-state index in [1.165, 1.54) is 0 Å². The second kappa shape index (κ2) is 13.1. The molecule has 242 valence electrons. The van der Waals surface area contributed by atoms with Crippen LogP contribution in [0.25, 0.3) is 11.1 Å². The Bertz CT molecular complexity index is 1580. The number of halogens is 2. The zero-order valence-corrected chi connectivity index (χ0v) is 26.7. The summed E-state index contributed by atoms with van der Waals surface area (Å²) in [7, 11) is 0. The molecule has 4 aliphatic rings. The molecule has 3 atom stereocenters. The third-order valence-corrected chi connectivity index (χ3v) is 10.7. The first-order valence-corrected chi connectivity index (χ1v) is 16.7. The highest BCUT2D eigenvalue weighted by Gasteiger charge is 2.48. The van der Waals surface area contributed by atoms with Gasteiger partial charge in [-0.3, -0.25) is 39.5 Å². The van der Waals surface area contributed by atoms with Gasteiger partial charge in [0.15, 0.2) is 0 Å². The van der Waals surface area contributed by atoms with Crippen molar-refractivity contribution < 1.29 is 18.4 Å². The number of likely N-dealkylation sites (tertiary alicyclic amines) is 1. The molecule has 0 bridgehead atoms. The van der Waals surface area contributed by atoms with E-state index in [0.29, 0.717) is 58.5 Å². The Balaban J connectivity index is 0.955. The summed E-state index contributed by atoms with van der Waals surface area (Å²) < 4.78 is 31.6. The second-order valence-corrected chi connectivity index (χ2v) is 13.4. The molecule has 3 fully saturated rings. The molecular weight excluding hydrogens is 606 g/mol. The van der Waals surface area contributed by atoms with Crippen molar-refractivity contribution in [2.75, 3.05) is 39.3 Å². The molecule has 4 aliphatic heterocycles. The van der Waals surface area contributed by atoms with Crippen LogP contribution in [0.4, 0.5) is 8.78 Å². The van der Waals surface area contributed by atoms with Gasteiger partial charge < -0.3 is 0 Å². The lowest BCUT2D eigenvalue weighted by molar-refractivity contribution is -0.138. The summed E-state index contributed by atoms with van der Waals surface area (Å²) in [4.78, 5) is 37.1. The number of pyridine rings is 1. The minimum Gasteiger partial charge on any atom is -0.295 e. The quantitative estimate of drug-likeness (QED) is 0.293. The zero-order valence-electron chi connectivity index (χ0n) is 25.8. The van der Waals surface area contributed by atoms with E-state index >= 15 is 8.78 Å². The average Bonchev–Trinajstić information content (AvgIpc) is 3.38. The molecule has 0 radical (unpaired) electrons. The Labute approximate surface area is 274 Å². The van der Waals surface area contributed by atoms with E-state index < -0.39 is 18.0 Å². The monoisotopic (exact) mass is 646 g/mol. The van der Waals surface area contributed by atoms with Gasteiger partial charge in [-0.1, -0.05) is 54.6 Å². The van der Waals surface area contributed by atoms with Gasteiger partial charge >= 0.3 is 0 Å². The topological polar surface area (TPSA) is 72.0 Å². The fourth-order valence-electron chi connectivity index (χ4n) is 7.68. The summed E-state index contributed by atoms with van der Waals surface area (Å²) in [5.74, 6) is -3.37. The third-order valence-electron chi connectivity index (χ3n) is 10.1. The van der Waals surface area contributed by atoms with Crippen molar-refractivity contribution in [3.05, 3.63) is 89.2 Å². The largest absolute Gasteiger partial charge is 0.295 e. The van der Waals surface area contributed by atoms with Gasteiger partial charge in [0.25, 0.3) is 5.92 Å². The lowest BCUT2D eigenvalue weighted by Gasteiger charge is -2.46. The number of aromatic nitrogens is 1. The molecule has 46 heavy (non-hydrogen) atoms. The number of nitrogens with zero attached hydrogens (tertiary/aromatic N) is 5. The normalized spacial score (nSPS) is 26.2. The molecule has 2 aromatic carbocycles. The SMILES string of the molecule is O=C1CCC(N2Cc3c(CN4CCC(N5CCN(Cc6ncccc6-c6ccccc6)CC5)C(F)(F)C4)cccc3C2S)C(=O)N1. The van der Waals surface area contributed by atoms with Gasteiger partial charge in [0.2, 0.25) is 11.8 Å². The first-order chi connectivity index (χ1) is 22.3. The van der Waals surface area contributed by atoms with Crippen LogP contribution < -0.4 is 5.32 Å². The van der Waals surface area contributed by atoms with E-state index in [4.69, 9.17) is 12.6 Å². The number of piperidine rings is 2. The van der Waals surface area contributed by atoms with Gasteiger partial charge in [0, 0.05) is 70.5 Å². The third kappa shape index (κ3) is 6.35.